The summed E-state index contributed by atoms with van der Waals surface area (Å²) in [4.78, 5) is 19.7. The predicted molar refractivity (Wildman–Crippen MR) is 150 cm³/mol. The molecule has 0 aliphatic carbocycles. The van der Waals surface area contributed by atoms with Crippen molar-refractivity contribution in [1.82, 2.24) is 0 Å². The first kappa shape index (κ1) is 30.0. The van der Waals surface area contributed by atoms with E-state index in [4.69, 9.17) is 4.52 Å². The molecule has 0 saturated heterocycles. The molecule has 2 aromatic carbocycles. The average molecular weight is 501 g/mol. The van der Waals surface area contributed by atoms with Gasteiger partial charge in [0.1, 0.15) is 5.60 Å². The van der Waals surface area contributed by atoms with Crippen molar-refractivity contribution in [2.45, 2.75) is 122 Å². The van der Waals surface area contributed by atoms with Gasteiger partial charge in [-0.1, -0.05) is 164 Å². The summed E-state index contributed by atoms with van der Waals surface area (Å²) in [7, 11) is -2.48. The predicted octanol–water partition coefficient (Wildman–Crippen LogP) is 9.81. The molecule has 0 aromatic heterocycles. The minimum Gasteiger partial charge on any atom is -0.328 e. The molecule has 2 aromatic rings. The maximum absolute atomic E-state index is 9.84. The van der Waals surface area contributed by atoms with E-state index >= 15 is 0 Å². The summed E-state index contributed by atoms with van der Waals surface area (Å²) in [5.41, 5.74) is 1.12. The van der Waals surface area contributed by atoms with Gasteiger partial charge >= 0.3 is 8.60 Å². The van der Waals surface area contributed by atoms with Crippen molar-refractivity contribution in [2.75, 3.05) is 0 Å². The third kappa shape index (κ3) is 12.0. The van der Waals surface area contributed by atoms with E-state index in [1.54, 1.807) is 0 Å². The lowest BCUT2D eigenvalue weighted by Gasteiger charge is -2.35. The van der Waals surface area contributed by atoms with E-state index in [1.807, 2.05) is 60.7 Å². The van der Waals surface area contributed by atoms with Crippen molar-refractivity contribution in [3.63, 3.8) is 0 Å². The fourth-order valence-corrected chi connectivity index (χ4v) is 5.66. The summed E-state index contributed by atoms with van der Waals surface area (Å²) in [6, 6.07) is 20.0. The highest BCUT2D eigenvalue weighted by atomic mass is 31.2. The molecule has 35 heavy (non-hydrogen) atoms. The molecular formula is C31H49O3P. The minimum atomic E-state index is -2.48. The Morgan fingerprint density at radius 2 is 0.886 bits per heavy atom. The topological polar surface area (TPSA) is 49.7 Å². The van der Waals surface area contributed by atoms with E-state index < -0.39 is 14.2 Å². The third-order valence-corrected chi connectivity index (χ3v) is 7.58. The lowest BCUT2D eigenvalue weighted by Crippen LogP contribution is -2.29. The molecule has 0 atom stereocenters. The zero-order valence-corrected chi connectivity index (χ0v) is 22.9. The quantitative estimate of drug-likeness (QED) is 0.132. The van der Waals surface area contributed by atoms with E-state index in [-0.39, 0.29) is 0 Å². The highest BCUT2D eigenvalue weighted by Gasteiger charge is 2.37. The van der Waals surface area contributed by atoms with Crippen LogP contribution in [0.25, 0.3) is 0 Å². The van der Waals surface area contributed by atoms with Gasteiger partial charge in [-0.2, -0.15) is 0 Å². The van der Waals surface area contributed by atoms with Crippen LogP contribution in [-0.2, 0) is 10.1 Å². The van der Waals surface area contributed by atoms with Gasteiger partial charge in [-0.25, -0.2) is 0 Å². The molecular weight excluding hydrogens is 451 g/mol. The average Bonchev–Trinajstić information content (AvgIpc) is 2.88. The fourth-order valence-electron chi connectivity index (χ4n) is 5.08. The van der Waals surface area contributed by atoms with Crippen LogP contribution in [0.4, 0.5) is 0 Å². The van der Waals surface area contributed by atoms with Gasteiger partial charge in [0, 0.05) is 0 Å². The molecule has 3 nitrogen and oxygen atoms in total. The summed E-state index contributed by atoms with van der Waals surface area (Å²) in [6.45, 7) is 2.28. The van der Waals surface area contributed by atoms with Gasteiger partial charge in [0.25, 0.3) is 0 Å². The van der Waals surface area contributed by atoms with Gasteiger partial charge < -0.3 is 9.79 Å². The Hall–Kier alpha value is -1.25. The Bertz CT molecular complexity index is 696. The first-order valence-electron chi connectivity index (χ1n) is 14.2. The van der Waals surface area contributed by atoms with E-state index in [2.05, 4.69) is 6.92 Å². The smallest absolute Gasteiger partial charge is 0.328 e. The van der Waals surface area contributed by atoms with E-state index in [0.29, 0.717) is 0 Å². The molecule has 0 bridgehead atoms. The van der Waals surface area contributed by atoms with Gasteiger partial charge in [0.15, 0.2) is 0 Å². The fraction of sp³-hybridized carbons (Fsp3) is 0.613. The van der Waals surface area contributed by atoms with Gasteiger partial charge in [0.2, 0.25) is 0 Å². The SMILES string of the molecule is CCCCCCCCCCCCCCCCCCC(OP(O)O)(c1ccccc1)c1ccccc1. The first-order valence-corrected chi connectivity index (χ1v) is 15.3. The van der Waals surface area contributed by atoms with Crippen LogP contribution in [0, 0.1) is 0 Å². The van der Waals surface area contributed by atoms with Crippen molar-refractivity contribution >= 4 is 8.60 Å². The van der Waals surface area contributed by atoms with Crippen LogP contribution in [-0.4, -0.2) is 9.79 Å². The second kappa shape index (κ2) is 18.9. The maximum Gasteiger partial charge on any atom is 0.328 e. The maximum atomic E-state index is 9.84. The second-order valence-electron chi connectivity index (χ2n) is 9.96. The number of rotatable bonds is 21. The van der Waals surface area contributed by atoms with Crippen molar-refractivity contribution in [1.29, 1.82) is 0 Å². The van der Waals surface area contributed by atoms with Crippen molar-refractivity contribution in [3.8, 4) is 0 Å². The van der Waals surface area contributed by atoms with Crippen LogP contribution >= 0.6 is 8.60 Å². The summed E-state index contributed by atoms with van der Waals surface area (Å²) < 4.78 is 5.91. The van der Waals surface area contributed by atoms with Crippen LogP contribution in [0.15, 0.2) is 60.7 Å². The minimum absolute atomic E-state index is 0.736. The second-order valence-corrected chi connectivity index (χ2v) is 10.6. The standard InChI is InChI=1S/C31H49O3P/c1-2-3-4-5-6-7-8-9-10-11-12-13-14-15-16-23-28-31(34-35(32)33,29-24-19-17-20-25-29)30-26-21-18-22-27-30/h17-22,24-27,32-33H,2-16,23,28H2,1H3. The zero-order chi connectivity index (χ0) is 25.0. The molecule has 0 aliphatic rings. The molecule has 0 radical (unpaired) electrons. The van der Waals surface area contributed by atoms with Crippen LogP contribution < -0.4 is 0 Å². The molecule has 0 spiro atoms. The van der Waals surface area contributed by atoms with Crippen molar-refractivity contribution in [2.24, 2.45) is 0 Å². The van der Waals surface area contributed by atoms with Crippen molar-refractivity contribution < 1.29 is 14.3 Å². The van der Waals surface area contributed by atoms with Crippen LogP contribution in [0.3, 0.4) is 0 Å². The number of hydrogen-bond donors (Lipinski definition) is 2. The van der Waals surface area contributed by atoms with Gasteiger partial charge in [-0.05, 0) is 24.0 Å². The van der Waals surface area contributed by atoms with Crippen LogP contribution in [0.2, 0.25) is 0 Å². The van der Waals surface area contributed by atoms with Crippen LogP contribution in [0.5, 0.6) is 0 Å². The van der Waals surface area contributed by atoms with Gasteiger partial charge in [-0.15, -0.1) is 0 Å². The lowest BCUT2D eigenvalue weighted by atomic mass is 9.82. The van der Waals surface area contributed by atoms with E-state index in [1.165, 1.54) is 89.9 Å². The summed E-state index contributed by atoms with van der Waals surface area (Å²) >= 11 is 0. The summed E-state index contributed by atoms with van der Waals surface area (Å²) in [6.07, 6.45) is 22.1. The number of unbranched alkanes of at least 4 members (excludes halogenated alkanes) is 15. The zero-order valence-electron chi connectivity index (χ0n) is 22.0. The number of hydrogen-bond acceptors (Lipinski definition) is 3. The van der Waals surface area contributed by atoms with E-state index in [0.717, 1.165) is 30.4 Å². The molecule has 0 unspecified atom stereocenters. The molecule has 0 saturated carbocycles. The highest BCUT2D eigenvalue weighted by Crippen LogP contribution is 2.46. The molecule has 196 valence electrons. The lowest BCUT2D eigenvalue weighted by molar-refractivity contribution is 0.0791. The summed E-state index contributed by atoms with van der Waals surface area (Å²) in [5, 5.41) is 0. The molecule has 2 rings (SSSR count). The monoisotopic (exact) mass is 500 g/mol. The Kier molecular flexibility index (Phi) is 16.2. The molecule has 4 heteroatoms. The van der Waals surface area contributed by atoms with Gasteiger partial charge in [0.05, 0.1) is 0 Å². The molecule has 0 heterocycles. The Morgan fingerprint density at radius 3 is 1.23 bits per heavy atom. The largest absolute Gasteiger partial charge is 0.328 e. The molecule has 0 fully saturated rings. The molecule has 0 amide bonds. The Balaban J connectivity index is 1.66. The molecule has 2 N–H and O–H groups in total. The van der Waals surface area contributed by atoms with Gasteiger partial charge in [-0.3, -0.25) is 4.52 Å². The van der Waals surface area contributed by atoms with E-state index in [9.17, 15) is 9.79 Å². The molecule has 0 aliphatic heterocycles. The Morgan fingerprint density at radius 1 is 0.543 bits per heavy atom. The normalized spacial score (nSPS) is 11.9. The highest BCUT2D eigenvalue weighted by molar-refractivity contribution is 7.39. The number of benzene rings is 2. The van der Waals surface area contributed by atoms with Crippen molar-refractivity contribution in [3.05, 3.63) is 71.8 Å². The third-order valence-electron chi connectivity index (χ3n) is 7.10. The first-order chi connectivity index (χ1) is 17.2. The Labute approximate surface area is 216 Å². The van der Waals surface area contributed by atoms with Crippen LogP contribution in [0.1, 0.15) is 127 Å². The summed E-state index contributed by atoms with van der Waals surface area (Å²) in [5.74, 6) is 0.